The Morgan fingerprint density at radius 2 is 1.48 bits per heavy atom. The Kier molecular flexibility index (Phi) is 6.33. The third-order valence-electron chi connectivity index (χ3n) is 4.25. The summed E-state index contributed by atoms with van der Waals surface area (Å²) in [6, 6.07) is 23.4. The van der Waals surface area contributed by atoms with Crippen LogP contribution in [0, 0.1) is 11.3 Å². The molecule has 0 unspecified atom stereocenters. The summed E-state index contributed by atoms with van der Waals surface area (Å²) < 4.78 is 10.9. The minimum atomic E-state index is -0.207. The fourth-order valence-corrected chi connectivity index (χ4v) is 2.64. The van der Waals surface area contributed by atoms with Crippen LogP contribution in [0.4, 0.5) is 10.5 Å². The lowest BCUT2D eigenvalue weighted by molar-refractivity contribution is 0.220. The number of anilines is 1. The molecule has 0 bridgehead atoms. The highest BCUT2D eigenvalue weighted by atomic mass is 16.5. The summed E-state index contributed by atoms with van der Waals surface area (Å²) >= 11 is 0. The highest BCUT2D eigenvalue weighted by Gasteiger charge is 2.10. The highest BCUT2D eigenvalue weighted by Crippen LogP contribution is 2.23. The van der Waals surface area contributed by atoms with Gasteiger partial charge in [0.25, 0.3) is 0 Å². The summed E-state index contributed by atoms with van der Waals surface area (Å²) in [7, 11) is 3.36. The van der Waals surface area contributed by atoms with Crippen LogP contribution in [0.5, 0.6) is 17.2 Å². The van der Waals surface area contributed by atoms with Gasteiger partial charge in [-0.25, -0.2) is 4.79 Å². The summed E-state index contributed by atoms with van der Waals surface area (Å²) in [5.41, 5.74) is 2.26. The van der Waals surface area contributed by atoms with Crippen LogP contribution in [0.25, 0.3) is 0 Å². The lowest BCUT2D eigenvalue weighted by Gasteiger charge is -2.18. The number of hydrogen-bond acceptors (Lipinski definition) is 4. The zero-order valence-corrected chi connectivity index (χ0v) is 16.3. The first-order chi connectivity index (χ1) is 14.1. The Bertz CT molecular complexity index is 992. The van der Waals surface area contributed by atoms with Gasteiger partial charge in [-0.2, -0.15) is 5.26 Å². The summed E-state index contributed by atoms with van der Waals surface area (Å²) in [5, 5.41) is 11.7. The fourth-order valence-electron chi connectivity index (χ4n) is 2.64. The number of rotatable bonds is 6. The van der Waals surface area contributed by atoms with Gasteiger partial charge in [0.05, 0.1) is 18.7 Å². The summed E-state index contributed by atoms with van der Waals surface area (Å²) in [6.45, 7) is 0.482. The van der Waals surface area contributed by atoms with Crippen molar-refractivity contribution in [1.29, 1.82) is 5.26 Å². The first-order valence-corrected chi connectivity index (χ1v) is 9.00. The van der Waals surface area contributed by atoms with E-state index in [2.05, 4.69) is 11.4 Å². The molecule has 0 saturated heterocycles. The van der Waals surface area contributed by atoms with E-state index in [1.54, 1.807) is 67.6 Å². The number of nitrogens with one attached hydrogen (secondary N) is 1. The van der Waals surface area contributed by atoms with E-state index in [4.69, 9.17) is 14.7 Å². The molecule has 1 N–H and O–H groups in total. The minimum Gasteiger partial charge on any atom is -0.497 e. The van der Waals surface area contributed by atoms with E-state index in [9.17, 15) is 4.79 Å². The molecule has 3 rings (SSSR count). The van der Waals surface area contributed by atoms with Crippen LogP contribution in [0.3, 0.4) is 0 Å². The van der Waals surface area contributed by atoms with Crippen LogP contribution in [-0.2, 0) is 6.54 Å². The molecule has 0 atom stereocenters. The monoisotopic (exact) mass is 387 g/mol. The number of carbonyl (C=O) groups is 1. The van der Waals surface area contributed by atoms with Crippen LogP contribution in [0.2, 0.25) is 0 Å². The van der Waals surface area contributed by atoms with Crippen molar-refractivity contribution in [3.05, 3.63) is 83.9 Å². The van der Waals surface area contributed by atoms with E-state index in [1.165, 1.54) is 0 Å². The third kappa shape index (κ3) is 5.50. The second-order valence-electron chi connectivity index (χ2n) is 6.40. The number of urea groups is 1. The van der Waals surface area contributed by atoms with E-state index < -0.39 is 0 Å². The van der Waals surface area contributed by atoms with Crippen LogP contribution >= 0.6 is 0 Å². The Labute approximate surface area is 169 Å². The molecule has 0 saturated carbocycles. The van der Waals surface area contributed by atoms with Crippen molar-refractivity contribution in [3.8, 4) is 23.3 Å². The number of ether oxygens (including phenoxy) is 2. The van der Waals surface area contributed by atoms with Crippen molar-refractivity contribution in [2.45, 2.75) is 6.54 Å². The summed E-state index contributed by atoms with van der Waals surface area (Å²) in [4.78, 5) is 14.0. The Morgan fingerprint density at radius 3 is 2.03 bits per heavy atom. The normalized spacial score (nSPS) is 9.97. The number of hydrogen-bond donors (Lipinski definition) is 1. The number of benzene rings is 3. The average molecular weight is 387 g/mol. The molecule has 6 heteroatoms. The van der Waals surface area contributed by atoms with Gasteiger partial charge in [0.1, 0.15) is 17.2 Å². The van der Waals surface area contributed by atoms with Gasteiger partial charge in [-0.1, -0.05) is 12.1 Å². The van der Waals surface area contributed by atoms with Crippen LogP contribution in [-0.4, -0.2) is 25.1 Å². The smallest absolute Gasteiger partial charge is 0.321 e. The number of methoxy groups -OCH3 is 1. The van der Waals surface area contributed by atoms with Crippen molar-refractivity contribution < 1.29 is 14.3 Å². The van der Waals surface area contributed by atoms with Crippen molar-refractivity contribution in [3.63, 3.8) is 0 Å². The van der Waals surface area contributed by atoms with Gasteiger partial charge in [-0.3, -0.25) is 0 Å². The lowest BCUT2D eigenvalue weighted by Crippen LogP contribution is -2.30. The molecule has 0 aliphatic rings. The third-order valence-corrected chi connectivity index (χ3v) is 4.25. The van der Waals surface area contributed by atoms with E-state index in [0.29, 0.717) is 29.3 Å². The topological polar surface area (TPSA) is 74.6 Å². The number of carbonyl (C=O) groups excluding carboxylic acids is 1. The first kappa shape index (κ1) is 19.8. The van der Waals surface area contributed by atoms with Crippen LogP contribution in [0.15, 0.2) is 72.8 Å². The standard InChI is InChI=1S/C23H21N3O3/c1-26(16-18-5-9-20(28-2)10-6-18)23(27)25-19-7-13-22(14-8-19)29-21-11-3-17(15-24)4-12-21/h3-14H,16H2,1-2H3,(H,25,27). The molecule has 2 amide bonds. The number of amides is 2. The zero-order chi connectivity index (χ0) is 20.6. The van der Waals surface area contributed by atoms with Crippen molar-refractivity contribution in [2.24, 2.45) is 0 Å². The summed E-state index contributed by atoms with van der Waals surface area (Å²) in [5.74, 6) is 2.06. The van der Waals surface area contributed by atoms with Crippen LogP contribution < -0.4 is 14.8 Å². The average Bonchev–Trinajstić information content (AvgIpc) is 2.76. The van der Waals surface area contributed by atoms with Gasteiger partial charge in [-0.05, 0) is 66.2 Å². The van der Waals surface area contributed by atoms with Crippen molar-refractivity contribution in [2.75, 3.05) is 19.5 Å². The molecule has 0 heterocycles. The first-order valence-electron chi connectivity index (χ1n) is 9.00. The maximum atomic E-state index is 12.4. The second kappa shape index (κ2) is 9.29. The maximum Gasteiger partial charge on any atom is 0.321 e. The van der Waals surface area contributed by atoms with E-state index in [1.807, 2.05) is 24.3 Å². The van der Waals surface area contributed by atoms with E-state index >= 15 is 0 Å². The molecule has 6 nitrogen and oxygen atoms in total. The van der Waals surface area contributed by atoms with Crippen molar-refractivity contribution in [1.82, 2.24) is 4.90 Å². The molecular weight excluding hydrogens is 366 g/mol. The molecule has 0 aliphatic heterocycles. The van der Waals surface area contributed by atoms with Gasteiger partial charge >= 0.3 is 6.03 Å². The molecule has 146 valence electrons. The van der Waals surface area contributed by atoms with E-state index in [0.717, 1.165) is 11.3 Å². The minimum absolute atomic E-state index is 0.207. The quantitative estimate of drug-likeness (QED) is 0.644. The molecule has 0 aromatic heterocycles. The Morgan fingerprint density at radius 1 is 0.931 bits per heavy atom. The van der Waals surface area contributed by atoms with Gasteiger partial charge in [0.2, 0.25) is 0 Å². The highest BCUT2D eigenvalue weighted by molar-refractivity contribution is 5.89. The second-order valence-corrected chi connectivity index (χ2v) is 6.40. The number of nitrogens with zero attached hydrogens (tertiary/aromatic N) is 2. The summed E-state index contributed by atoms with van der Waals surface area (Å²) in [6.07, 6.45) is 0. The fraction of sp³-hybridized carbons (Fsp3) is 0.130. The van der Waals surface area contributed by atoms with Gasteiger partial charge in [0.15, 0.2) is 0 Å². The van der Waals surface area contributed by atoms with Gasteiger partial charge in [-0.15, -0.1) is 0 Å². The lowest BCUT2D eigenvalue weighted by atomic mass is 10.2. The molecule has 0 radical (unpaired) electrons. The zero-order valence-electron chi connectivity index (χ0n) is 16.3. The molecular formula is C23H21N3O3. The maximum absolute atomic E-state index is 12.4. The van der Waals surface area contributed by atoms with Gasteiger partial charge < -0.3 is 19.7 Å². The SMILES string of the molecule is COc1ccc(CN(C)C(=O)Nc2ccc(Oc3ccc(C#N)cc3)cc2)cc1. The Balaban J connectivity index is 1.55. The van der Waals surface area contributed by atoms with Gasteiger partial charge in [0, 0.05) is 19.3 Å². The molecule has 29 heavy (non-hydrogen) atoms. The van der Waals surface area contributed by atoms with Crippen LogP contribution in [0.1, 0.15) is 11.1 Å². The molecule has 0 spiro atoms. The Hall–Kier alpha value is -3.98. The molecule has 3 aromatic carbocycles. The molecule has 0 fully saturated rings. The van der Waals surface area contributed by atoms with E-state index in [-0.39, 0.29) is 6.03 Å². The number of nitriles is 1. The predicted octanol–water partition coefficient (Wildman–Crippen LogP) is 5.02. The predicted molar refractivity (Wildman–Crippen MR) is 111 cm³/mol. The largest absolute Gasteiger partial charge is 0.497 e. The van der Waals surface area contributed by atoms with Crippen molar-refractivity contribution >= 4 is 11.7 Å². The molecule has 0 aliphatic carbocycles. The molecule has 3 aromatic rings.